The molecule has 0 aliphatic heterocycles. The number of halogens is 1. The van der Waals surface area contributed by atoms with E-state index in [0.29, 0.717) is 23.4 Å². The highest BCUT2D eigenvalue weighted by atomic mass is 79.9. The minimum absolute atomic E-state index is 0.180. The lowest BCUT2D eigenvalue weighted by atomic mass is 10.1. The van der Waals surface area contributed by atoms with Crippen LogP contribution in [0, 0.1) is 6.92 Å². The Morgan fingerprint density at radius 1 is 1.03 bits per heavy atom. The lowest BCUT2D eigenvalue weighted by molar-refractivity contribution is -0.116. The van der Waals surface area contributed by atoms with Crippen molar-refractivity contribution in [1.29, 1.82) is 0 Å². The number of carbonyl (C=O) groups excluding carboxylic acids is 1. The van der Waals surface area contributed by atoms with Gasteiger partial charge >= 0.3 is 0 Å². The molecule has 0 saturated heterocycles. The molecule has 0 spiro atoms. The second-order valence-electron chi connectivity index (χ2n) is 7.73. The number of hydrogen-bond donors (Lipinski definition) is 1. The first-order valence-electron chi connectivity index (χ1n) is 10.2. The summed E-state index contributed by atoms with van der Waals surface area (Å²) >= 11 is 3.43. The fourth-order valence-corrected chi connectivity index (χ4v) is 4.88. The minimum atomic E-state index is -3.47. The zero-order valence-electron chi connectivity index (χ0n) is 17.8. The van der Waals surface area contributed by atoms with Gasteiger partial charge in [-0.1, -0.05) is 34.1 Å². The molecule has 4 aromatic rings. The van der Waals surface area contributed by atoms with Crippen molar-refractivity contribution in [2.75, 3.05) is 22.4 Å². The molecule has 1 heterocycles. The van der Waals surface area contributed by atoms with E-state index >= 15 is 0 Å². The summed E-state index contributed by atoms with van der Waals surface area (Å²) in [7, 11) is -3.47. The highest BCUT2D eigenvalue weighted by molar-refractivity contribution is 9.10. The standard InChI is InChI=1S/C24H23BrN2O4S/c1-16-14-18(10-12-21(16)25)27(32(2,29)30)13-5-8-24(28)26-17-9-11-20-19-6-3-4-7-22(19)31-23(20)15-17/h3-4,6-7,9-12,14-15H,5,8,13H2,1-2H3,(H,26,28). The van der Waals surface area contributed by atoms with Gasteiger partial charge in [-0.3, -0.25) is 9.10 Å². The number of rotatable bonds is 7. The van der Waals surface area contributed by atoms with Gasteiger partial charge in [0.25, 0.3) is 0 Å². The van der Waals surface area contributed by atoms with Crippen LogP contribution in [0.4, 0.5) is 11.4 Å². The third-order valence-corrected chi connectivity index (χ3v) is 7.34. The highest BCUT2D eigenvalue weighted by Gasteiger charge is 2.18. The number of hydrogen-bond acceptors (Lipinski definition) is 4. The molecule has 1 aromatic heterocycles. The van der Waals surface area contributed by atoms with Crippen LogP contribution in [0.1, 0.15) is 18.4 Å². The van der Waals surface area contributed by atoms with Crippen molar-refractivity contribution in [2.24, 2.45) is 0 Å². The Morgan fingerprint density at radius 2 is 1.78 bits per heavy atom. The SMILES string of the molecule is Cc1cc(N(CCCC(=O)Nc2ccc3c(c2)oc2ccccc23)S(C)(=O)=O)ccc1Br. The van der Waals surface area contributed by atoms with Gasteiger partial charge in [0.15, 0.2) is 0 Å². The number of benzene rings is 3. The summed E-state index contributed by atoms with van der Waals surface area (Å²) in [5.41, 5.74) is 3.68. The van der Waals surface area contributed by atoms with E-state index in [2.05, 4.69) is 21.2 Å². The van der Waals surface area contributed by atoms with Gasteiger partial charge in [0.2, 0.25) is 15.9 Å². The van der Waals surface area contributed by atoms with Crippen molar-refractivity contribution >= 4 is 65.2 Å². The van der Waals surface area contributed by atoms with Crippen molar-refractivity contribution in [3.8, 4) is 0 Å². The molecule has 166 valence electrons. The molecule has 0 atom stereocenters. The van der Waals surface area contributed by atoms with Crippen LogP contribution in [0.5, 0.6) is 0 Å². The molecule has 32 heavy (non-hydrogen) atoms. The van der Waals surface area contributed by atoms with Gasteiger partial charge < -0.3 is 9.73 Å². The normalized spacial score (nSPS) is 11.7. The summed E-state index contributed by atoms with van der Waals surface area (Å²) in [6, 6.07) is 18.8. The number of furan rings is 1. The molecule has 8 heteroatoms. The number of nitrogens with zero attached hydrogens (tertiary/aromatic N) is 1. The predicted molar refractivity (Wildman–Crippen MR) is 133 cm³/mol. The first-order valence-corrected chi connectivity index (χ1v) is 12.8. The summed E-state index contributed by atoms with van der Waals surface area (Å²) in [5, 5.41) is 4.90. The number of aryl methyl sites for hydroxylation is 1. The van der Waals surface area contributed by atoms with Crippen LogP contribution in [0.2, 0.25) is 0 Å². The maximum atomic E-state index is 12.5. The Labute approximate surface area is 195 Å². The van der Waals surface area contributed by atoms with Crippen molar-refractivity contribution in [1.82, 2.24) is 0 Å². The first kappa shape index (κ1) is 22.4. The van der Waals surface area contributed by atoms with Crippen molar-refractivity contribution in [3.05, 3.63) is 70.7 Å². The molecule has 0 aliphatic rings. The molecular formula is C24H23BrN2O4S. The summed E-state index contributed by atoms with van der Waals surface area (Å²) in [6.07, 6.45) is 1.76. The van der Waals surface area contributed by atoms with Crippen LogP contribution < -0.4 is 9.62 Å². The highest BCUT2D eigenvalue weighted by Crippen LogP contribution is 2.30. The third kappa shape index (κ3) is 4.81. The Hall–Kier alpha value is -2.84. The van der Waals surface area contributed by atoms with Gasteiger partial charge in [0.05, 0.1) is 11.9 Å². The second-order valence-corrected chi connectivity index (χ2v) is 10.5. The summed E-state index contributed by atoms with van der Waals surface area (Å²) < 4.78 is 32.7. The van der Waals surface area contributed by atoms with Crippen molar-refractivity contribution < 1.29 is 17.6 Å². The first-order chi connectivity index (χ1) is 15.2. The monoisotopic (exact) mass is 514 g/mol. The number of carbonyl (C=O) groups is 1. The fraction of sp³-hybridized carbons (Fsp3) is 0.208. The zero-order valence-corrected chi connectivity index (χ0v) is 20.2. The lowest BCUT2D eigenvalue weighted by Gasteiger charge is -2.23. The van der Waals surface area contributed by atoms with Gasteiger partial charge in [-0.15, -0.1) is 0 Å². The van der Waals surface area contributed by atoms with E-state index in [-0.39, 0.29) is 18.9 Å². The smallest absolute Gasteiger partial charge is 0.232 e. The molecule has 1 N–H and O–H groups in total. The van der Waals surface area contributed by atoms with E-state index in [4.69, 9.17) is 4.42 Å². The van der Waals surface area contributed by atoms with E-state index in [0.717, 1.165) is 26.4 Å². The van der Waals surface area contributed by atoms with Crippen LogP contribution in [-0.2, 0) is 14.8 Å². The quantitative estimate of drug-likeness (QED) is 0.335. The van der Waals surface area contributed by atoms with Crippen LogP contribution in [-0.4, -0.2) is 27.1 Å². The largest absolute Gasteiger partial charge is 0.456 e. The van der Waals surface area contributed by atoms with Gasteiger partial charge in [-0.05, 0) is 55.3 Å². The maximum Gasteiger partial charge on any atom is 0.232 e. The number of fused-ring (bicyclic) bond motifs is 3. The van der Waals surface area contributed by atoms with Crippen LogP contribution in [0.15, 0.2) is 69.6 Å². The van der Waals surface area contributed by atoms with Gasteiger partial charge in [0, 0.05) is 40.0 Å². The molecular weight excluding hydrogens is 492 g/mol. The molecule has 3 aromatic carbocycles. The number of amides is 1. The number of nitrogens with one attached hydrogen (secondary N) is 1. The van der Waals surface area contributed by atoms with Gasteiger partial charge in [0.1, 0.15) is 11.2 Å². The molecule has 0 unspecified atom stereocenters. The Kier molecular flexibility index (Phi) is 6.26. The van der Waals surface area contributed by atoms with Crippen LogP contribution in [0.3, 0.4) is 0 Å². The topological polar surface area (TPSA) is 79.6 Å². The number of para-hydroxylation sites is 1. The van der Waals surface area contributed by atoms with E-state index in [1.54, 1.807) is 12.1 Å². The molecule has 4 rings (SSSR count). The molecule has 0 saturated carbocycles. The Bertz CT molecular complexity index is 1410. The van der Waals surface area contributed by atoms with E-state index in [9.17, 15) is 13.2 Å². The molecule has 1 amide bonds. The Balaban J connectivity index is 1.41. The van der Waals surface area contributed by atoms with Crippen molar-refractivity contribution in [3.63, 3.8) is 0 Å². The van der Waals surface area contributed by atoms with E-state index < -0.39 is 10.0 Å². The van der Waals surface area contributed by atoms with Crippen molar-refractivity contribution in [2.45, 2.75) is 19.8 Å². The maximum absolute atomic E-state index is 12.5. The lowest BCUT2D eigenvalue weighted by Crippen LogP contribution is -2.31. The summed E-state index contributed by atoms with van der Waals surface area (Å²) in [6.45, 7) is 2.12. The molecule has 6 nitrogen and oxygen atoms in total. The Morgan fingerprint density at radius 3 is 2.53 bits per heavy atom. The van der Waals surface area contributed by atoms with E-state index in [1.807, 2.05) is 55.5 Å². The average molecular weight is 515 g/mol. The van der Waals surface area contributed by atoms with Gasteiger partial charge in [-0.25, -0.2) is 8.42 Å². The van der Waals surface area contributed by atoms with E-state index in [1.165, 1.54) is 10.6 Å². The third-order valence-electron chi connectivity index (χ3n) is 5.26. The van der Waals surface area contributed by atoms with Crippen LogP contribution in [0.25, 0.3) is 21.9 Å². The number of anilines is 2. The second kappa shape index (κ2) is 8.96. The zero-order chi connectivity index (χ0) is 22.9. The fourth-order valence-electron chi connectivity index (χ4n) is 3.68. The minimum Gasteiger partial charge on any atom is -0.456 e. The average Bonchev–Trinajstić information content (AvgIpc) is 3.10. The molecule has 0 bridgehead atoms. The molecule has 0 fully saturated rings. The summed E-state index contributed by atoms with van der Waals surface area (Å²) in [4.78, 5) is 12.5. The number of sulfonamides is 1. The molecule has 0 radical (unpaired) electrons. The molecule has 0 aliphatic carbocycles. The predicted octanol–water partition coefficient (Wildman–Crippen LogP) is 5.84. The van der Waals surface area contributed by atoms with Crippen LogP contribution >= 0.6 is 15.9 Å². The van der Waals surface area contributed by atoms with Gasteiger partial charge in [-0.2, -0.15) is 0 Å². The summed E-state index contributed by atoms with van der Waals surface area (Å²) in [5.74, 6) is -0.180.